The maximum Gasteiger partial charge on any atom is 0.148 e. The van der Waals surface area contributed by atoms with Crippen LogP contribution in [0.5, 0.6) is 0 Å². The molecule has 4 nitrogen and oxygen atoms in total. The van der Waals surface area contributed by atoms with Gasteiger partial charge in [0.15, 0.2) is 0 Å². The number of aromatic nitrogens is 3. The Balaban J connectivity index is 2.41. The van der Waals surface area contributed by atoms with E-state index in [-0.39, 0.29) is 0 Å². The number of nitrogens with zero attached hydrogens (tertiary/aromatic N) is 3. The Morgan fingerprint density at radius 1 is 1.35 bits per heavy atom. The van der Waals surface area contributed by atoms with Crippen molar-refractivity contribution in [1.29, 1.82) is 0 Å². The van der Waals surface area contributed by atoms with E-state index in [1.165, 1.54) is 5.56 Å². The zero-order valence-electron chi connectivity index (χ0n) is 9.94. The van der Waals surface area contributed by atoms with Crippen LogP contribution in [-0.4, -0.2) is 21.3 Å². The van der Waals surface area contributed by atoms with Gasteiger partial charge in [0, 0.05) is 4.47 Å². The van der Waals surface area contributed by atoms with E-state index in [4.69, 9.17) is 5.73 Å². The number of aryl methyl sites for hydroxylation is 2. The van der Waals surface area contributed by atoms with E-state index in [9.17, 15) is 0 Å². The molecule has 0 aliphatic carbocycles. The van der Waals surface area contributed by atoms with Gasteiger partial charge in [-0.3, -0.25) is 0 Å². The van der Waals surface area contributed by atoms with Crippen molar-refractivity contribution in [2.24, 2.45) is 5.73 Å². The minimum absolute atomic E-state index is 0.652. The summed E-state index contributed by atoms with van der Waals surface area (Å²) in [5.41, 5.74) is 7.78. The summed E-state index contributed by atoms with van der Waals surface area (Å²) >= 11 is 3.56. The molecule has 0 bridgehead atoms. The third-order valence-corrected chi connectivity index (χ3v) is 3.31. The molecule has 1 heterocycles. The SMILES string of the molecule is Cc1nc(C)n(-c2ccc(CCN)c(Br)c2)n1. The van der Waals surface area contributed by atoms with E-state index in [2.05, 4.69) is 32.1 Å². The Hall–Kier alpha value is -1.20. The first-order valence-electron chi connectivity index (χ1n) is 5.51. The molecule has 17 heavy (non-hydrogen) atoms. The summed E-state index contributed by atoms with van der Waals surface area (Å²) in [5.74, 6) is 1.67. The van der Waals surface area contributed by atoms with Crippen molar-refractivity contribution in [1.82, 2.24) is 14.8 Å². The first kappa shape index (κ1) is 12.3. The zero-order valence-corrected chi connectivity index (χ0v) is 11.5. The van der Waals surface area contributed by atoms with Gasteiger partial charge in [-0.1, -0.05) is 22.0 Å². The number of rotatable bonds is 3. The minimum atomic E-state index is 0.652. The second-order valence-corrected chi connectivity index (χ2v) is 4.79. The lowest BCUT2D eigenvalue weighted by molar-refractivity contribution is 0.828. The summed E-state index contributed by atoms with van der Waals surface area (Å²) < 4.78 is 2.90. The lowest BCUT2D eigenvalue weighted by Gasteiger charge is -2.07. The topological polar surface area (TPSA) is 56.7 Å². The third kappa shape index (κ3) is 2.56. The van der Waals surface area contributed by atoms with Gasteiger partial charge in [-0.2, -0.15) is 5.10 Å². The lowest BCUT2D eigenvalue weighted by atomic mass is 10.1. The normalized spacial score (nSPS) is 10.8. The average Bonchev–Trinajstić information content (AvgIpc) is 2.61. The fraction of sp³-hybridized carbons (Fsp3) is 0.333. The van der Waals surface area contributed by atoms with Crippen LogP contribution in [0, 0.1) is 13.8 Å². The van der Waals surface area contributed by atoms with E-state index in [0.717, 1.165) is 28.2 Å². The molecule has 0 amide bonds. The first-order valence-corrected chi connectivity index (χ1v) is 6.30. The molecule has 0 unspecified atom stereocenters. The van der Waals surface area contributed by atoms with Crippen LogP contribution < -0.4 is 5.73 Å². The largest absolute Gasteiger partial charge is 0.330 e. The Labute approximate surface area is 109 Å². The molecule has 0 aliphatic heterocycles. The van der Waals surface area contributed by atoms with Gasteiger partial charge >= 0.3 is 0 Å². The second kappa shape index (κ2) is 4.98. The van der Waals surface area contributed by atoms with Gasteiger partial charge in [0.25, 0.3) is 0 Å². The summed E-state index contributed by atoms with van der Waals surface area (Å²) in [6.07, 6.45) is 0.871. The number of hydrogen-bond acceptors (Lipinski definition) is 3. The summed E-state index contributed by atoms with van der Waals surface area (Å²) in [6.45, 7) is 4.49. The van der Waals surface area contributed by atoms with Gasteiger partial charge in [0.05, 0.1) is 5.69 Å². The van der Waals surface area contributed by atoms with E-state index < -0.39 is 0 Å². The summed E-state index contributed by atoms with van der Waals surface area (Å²) in [4.78, 5) is 4.29. The quantitative estimate of drug-likeness (QED) is 0.944. The molecule has 1 aromatic carbocycles. The highest BCUT2D eigenvalue weighted by Gasteiger charge is 2.07. The average molecular weight is 295 g/mol. The van der Waals surface area contributed by atoms with Crippen LogP contribution in [-0.2, 0) is 6.42 Å². The molecule has 0 radical (unpaired) electrons. The second-order valence-electron chi connectivity index (χ2n) is 3.93. The molecule has 1 aromatic heterocycles. The van der Waals surface area contributed by atoms with Crippen molar-refractivity contribution in [3.05, 3.63) is 39.9 Å². The molecule has 2 aromatic rings. The van der Waals surface area contributed by atoms with Crippen LogP contribution in [0.2, 0.25) is 0 Å². The molecule has 2 N–H and O–H groups in total. The summed E-state index contributed by atoms with van der Waals surface area (Å²) in [6, 6.07) is 6.16. The van der Waals surface area contributed by atoms with Crippen LogP contribution in [0.4, 0.5) is 0 Å². The summed E-state index contributed by atoms with van der Waals surface area (Å²) in [5, 5.41) is 4.36. The molecule has 2 rings (SSSR count). The van der Waals surface area contributed by atoms with Crippen LogP contribution in [0.25, 0.3) is 5.69 Å². The fourth-order valence-corrected chi connectivity index (χ4v) is 2.36. The number of benzene rings is 1. The standard InChI is InChI=1S/C12H15BrN4/c1-8-15-9(2)17(16-8)11-4-3-10(5-6-14)12(13)7-11/h3-4,7H,5-6,14H2,1-2H3. The molecular formula is C12H15BrN4. The van der Waals surface area contributed by atoms with Gasteiger partial charge in [-0.25, -0.2) is 9.67 Å². The predicted molar refractivity (Wildman–Crippen MR) is 71.3 cm³/mol. The van der Waals surface area contributed by atoms with Gasteiger partial charge in [-0.05, 0) is 44.5 Å². The highest BCUT2D eigenvalue weighted by molar-refractivity contribution is 9.10. The molecule has 0 atom stereocenters. The molecule has 0 spiro atoms. The van der Waals surface area contributed by atoms with Crippen molar-refractivity contribution < 1.29 is 0 Å². The Morgan fingerprint density at radius 2 is 2.12 bits per heavy atom. The Bertz CT molecular complexity index is 533. The summed E-state index contributed by atoms with van der Waals surface area (Å²) in [7, 11) is 0. The molecule has 0 saturated heterocycles. The van der Waals surface area contributed by atoms with E-state index >= 15 is 0 Å². The molecule has 5 heteroatoms. The monoisotopic (exact) mass is 294 g/mol. The van der Waals surface area contributed by atoms with Crippen molar-refractivity contribution in [2.75, 3.05) is 6.54 Å². The smallest absolute Gasteiger partial charge is 0.148 e. The maximum absolute atomic E-state index is 5.56. The first-order chi connectivity index (χ1) is 8.11. The fourth-order valence-electron chi connectivity index (χ4n) is 1.79. The van der Waals surface area contributed by atoms with Gasteiger partial charge in [-0.15, -0.1) is 0 Å². The van der Waals surface area contributed by atoms with Crippen LogP contribution >= 0.6 is 15.9 Å². The van der Waals surface area contributed by atoms with E-state index in [1.807, 2.05) is 30.7 Å². The van der Waals surface area contributed by atoms with Crippen molar-refractivity contribution >= 4 is 15.9 Å². The van der Waals surface area contributed by atoms with Crippen molar-refractivity contribution in [3.8, 4) is 5.69 Å². The van der Waals surface area contributed by atoms with E-state index in [0.29, 0.717) is 6.54 Å². The zero-order chi connectivity index (χ0) is 12.4. The number of nitrogens with two attached hydrogens (primary N) is 1. The van der Waals surface area contributed by atoms with Gasteiger partial charge < -0.3 is 5.73 Å². The predicted octanol–water partition coefficient (Wildman–Crippen LogP) is 2.15. The highest BCUT2D eigenvalue weighted by atomic mass is 79.9. The highest BCUT2D eigenvalue weighted by Crippen LogP contribution is 2.21. The van der Waals surface area contributed by atoms with Crippen molar-refractivity contribution in [3.63, 3.8) is 0 Å². The minimum Gasteiger partial charge on any atom is -0.330 e. The van der Waals surface area contributed by atoms with Crippen LogP contribution in [0.3, 0.4) is 0 Å². The van der Waals surface area contributed by atoms with Gasteiger partial charge in [0.1, 0.15) is 11.6 Å². The molecule has 0 saturated carbocycles. The van der Waals surface area contributed by atoms with Crippen LogP contribution in [0.15, 0.2) is 22.7 Å². The number of halogens is 1. The lowest BCUT2D eigenvalue weighted by Crippen LogP contribution is -2.04. The van der Waals surface area contributed by atoms with Crippen molar-refractivity contribution in [2.45, 2.75) is 20.3 Å². The third-order valence-electron chi connectivity index (χ3n) is 2.57. The maximum atomic E-state index is 5.56. The molecule has 0 aliphatic rings. The molecule has 90 valence electrons. The Kier molecular flexibility index (Phi) is 3.59. The van der Waals surface area contributed by atoms with Crippen LogP contribution in [0.1, 0.15) is 17.2 Å². The molecule has 0 fully saturated rings. The van der Waals surface area contributed by atoms with Gasteiger partial charge in [0.2, 0.25) is 0 Å². The number of hydrogen-bond donors (Lipinski definition) is 1. The Morgan fingerprint density at radius 3 is 2.65 bits per heavy atom. The van der Waals surface area contributed by atoms with E-state index in [1.54, 1.807) is 0 Å². The molecular weight excluding hydrogens is 280 g/mol.